The fourth-order valence-corrected chi connectivity index (χ4v) is 1.89. The average molecular weight is 184 g/mol. The Morgan fingerprint density at radius 1 is 1.54 bits per heavy atom. The zero-order chi connectivity index (χ0) is 9.31. The largest absolute Gasteiger partial charge is 0.352 e. The summed E-state index contributed by atoms with van der Waals surface area (Å²) >= 11 is 0. The van der Waals surface area contributed by atoms with Gasteiger partial charge in [0.2, 0.25) is 0 Å². The van der Waals surface area contributed by atoms with Crippen LogP contribution in [0.25, 0.3) is 0 Å². The first-order valence-electron chi connectivity index (χ1n) is 4.86. The van der Waals surface area contributed by atoms with Crippen LogP contribution in [0.15, 0.2) is 12.2 Å². The van der Waals surface area contributed by atoms with E-state index in [0.29, 0.717) is 6.10 Å². The van der Waals surface area contributed by atoms with Gasteiger partial charge in [-0.15, -0.1) is 0 Å². The fourth-order valence-electron chi connectivity index (χ4n) is 1.89. The maximum atomic E-state index is 5.80. The molecular weight excluding hydrogens is 168 g/mol. The molecular formula is C10H16O3. The summed E-state index contributed by atoms with van der Waals surface area (Å²) in [4.78, 5) is 0. The summed E-state index contributed by atoms with van der Waals surface area (Å²) in [6, 6.07) is 0. The van der Waals surface area contributed by atoms with Crippen LogP contribution in [0.5, 0.6) is 0 Å². The molecule has 3 atom stereocenters. The molecule has 1 saturated heterocycles. The number of methoxy groups -OCH3 is 1. The van der Waals surface area contributed by atoms with Gasteiger partial charge in [0.15, 0.2) is 12.1 Å². The number of hydrogen-bond acceptors (Lipinski definition) is 3. The zero-order valence-electron chi connectivity index (χ0n) is 8.16. The van der Waals surface area contributed by atoms with E-state index in [9.17, 15) is 0 Å². The van der Waals surface area contributed by atoms with Gasteiger partial charge in [-0.2, -0.15) is 0 Å². The first-order valence-corrected chi connectivity index (χ1v) is 4.86. The molecule has 0 bridgehead atoms. The summed E-state index contributed by atoms with van der Waals surface area (Å²) in [5.74, 6) is -0.471. The quantitative estimate of drug-likeness (QED) is 0.613. The van der Waals surface area contributed by atoms with Gasteiger partial charge in [0.25, 0.3) is 0 Å². The van der Waals surface area contributed by atoms with Gasteiger partial charge in [0.05, 0.1) is 6.10 Å². The molecule has 0 aliphatic carbocycles. The van der Waals surface area contributed by atoms with Crippen molar-refractivity contribution < 1.29 is 14.2 Å². The van der Waals surface area contributed by atoms with Crippen LogP contribution in [0, 0.1) is 0 Å². The van der Waals surface area contributed by atoms with E-state index in [1.54, 1.807) is 7.11 Å². The van der Waals surface area contributed by atoms with Gasteiger partial charge in [0, 0.05) is 13.5 Å². The smallest absolute Gasteiger partial charge is 0.191 e. The van der Waals surface area contributed by atoms with Crippen molar-refractivity contribution in [3.05, 3.63) is 12.2 Å². The molecule has 3 nitrogen and oxygen atoms in total. The molecule has 0 aromatic carbocycles. The molecule has 74 valence electrons. The predicted octanol–water partition coefficient (Wildman–Crippen LogP) is 1.83. The fraction of sp³-hybridized carbons (Fsp3) is 0.800. The Labute approximate surface area is 78.7 Å². The third-order valence-corrected chi connectivity index (χ3v) is 2.69. The van der Waals surface area contributed by atoms with Crippen molar-refractivity contribution in [1.29, 1.82) is 0 Å². The van der Waals surface area contributed by atoms with E-state index in [2.05, 4.69) is 6.92 Å². The minimum atomic E-state index is -0.471. The molecule has 0 aromatic heterocycles. The Morgan fingerprint density at radius 2 is 2.38 bits per heavy atom. The van der Waals surface area contributed by atoms with Crippen LogP contribution in [-0.4, -0.2) is 25.3 Å². The summed E-state index contributed by atoms with van der Waals surface area (Å²) in [6.07, 6.45) is 7.10. The lowest BCUT2D eigenvalue weighted by molar-refractivity contribution is -0.244. The van der Waals surface area contributed by atoms with Crippen molar-refractivity contribution in [2.75, 3.05) is 7.11 Å². The lowest BCUT2D eigenvalue weighted by Crippen LogP contribution is -2.30. The molecule has 3 heteroatoms. The predicted molar refractivity (Wildman–Crippen MR) is 48.2 cm³/mol. The van der Waals surface area contributed by atoms with Crippen molar-refractivity contribution in [3.63, 3.8) is 0 Å². The maximum Gasteiger partial charge on any atom is 0.191 e. The van der Waals surface area contributed by atoms with Crippen molar-refractivity contribution in [2.24, 2.45) is 0 Å². The van der Waals surface area contributed by atoms with Crippen molar-refractivity contribution in [3.8, 4) is 0 Å². The van der Waals surface area contributed by atoms with Crippen LogP contribution in [0.4, 0.5) is 0 Å². The number of hydrogen-bond donors (Lipinski definition) is 0. The van der Waals surface area contributed by atoms with Crippen LogP contribution in [-0.2, 0) is 14.2 Å². The first kappa shape index (κ1) is 9.19. The topological polar surface area (TPSA) is 27.7 Å². The van der Waals surface area contributed by atoms with E-state index in [4.69, 9.17) is 14.2 Å². The molecule has 3 unspecified atom stereocenters. The van der Waals surface area contributed by atoms with Gasteiger partial charge in [-0.25, -0.2) is 0 Å². The minimum Gasteiger partial charge on any atom is -0.352 e. The molecule has 13 heavy (non-hydrogen) atoms. The van der Waals surface area contributed by atoms with Crippen molar-refractivity contribution >= 4 is 0 Å². The zero-order valence-corrected chi connectivity index (χ0v) is 8.16. The molecule has 1 fully saturated rings. The van der Waals surface area contributed by atoms with Gasteiger partial charge < -0.3 is 14.2 Å². The third kappa shape index (κ3) is 1.64. The number of rotatable bonds is 2. The highest BCUT2D eigenvalue weighted by Crippen LogP contribution is 2.38. The lowest BCUT2D eigenvalue weighted by Gasteiger charge is -2.23. The average Bonchev–Trinajstić information content (AvgIpc) is 2.74. The van der Waals surface area contributed by atoms with Crippen LogP contribution in [0.1, 0.15) is 26.2 Å². The highest BCUT2D eigenvalue weighted by atomic mass is 16.8. The molecule has 0 radical (unpaired) electrons. The van der Waals surface area contributed by atoms with Crippen LogP contribution < -0.4 is 0 Å². The van der Waals surface area contributed by atoms with E-state index in [1.165, 1.54) is 0 Å². The molecule has 2 rings (SSSR count). The molecule has 0 amide bonds. The van der Waals surface area contributed by atoms with Crippen LogP contribution in [0.3, 0.4) is 0 Å². The summed E-state index contributed by atoms with van der Waals surface area (Å²) < 4.78 is 16.5. The number of ether oxygens (including phenoxy) is 3. The van der Waals surface area contributed by atoms with Gasteiger partial charge in [-0.05, 0) is 25.0 Å². The van der Waals surface area contributed by atoms with E-state index in [1.807, 2.05) is 12.2 Å². The summed E-state index contributed by atoms with van der Waals surface area (Å²) in [6.45, 7) is 2.14. The Morgan fingerprint density at radius 3 is 2.92 bits per heavy atom. The second-order valence-corrected chi connectivity index (χ2v) is 3.58. The Kier molecular flexibility index (Phi) is 2.41. The Hall–Kier alpha value is -0.380. The standard InChI is InChI=1S/C10H16O3/c1-3-8-4-6-10(12-8)7-5-9(11-2)13-10/h5,7-9H,3-4,6H2,1-2H3. The summed E-state index contributed by atoms with van der Waals surface area (Å²) in [5, 5.41) is 0. The van der Waals surface area contributed by atoms with E-state index < -0.39 is 5.79 Å². The second kappa shape index (κ2) is 3.40. The van der Waals surface area contributed by atoms with E-state index >= 15 is 0 Å². The molecule has 2 heterocycles. The molecule has 1 spiro atoms. The minimum absolute atomic E-state index is 0.226. The molecule has 0 N–H and O–H groups in total. The van der Waals surface area contributed by atoms with Crippen molar-refractivity contribution in [1.82, 2.24) is 0 Å². The maximum absolute atomic E-state index is 5.80. The summed E-state index contributed by atoms with van der Waals surface area (Å²) in [5.41, 5.74) is 0. The molecule has 0 aromatic rings. The third-order valence-electron chi connectivity index (χ3n) is 2.69. The highest BCUT2D eigenvalue weighted by Gasteiger charge is 2.43. The molecule has 0 saturated carbocycles. The van der Waals surface area contributed by atoms with Gasteiger partial charge >= 0.3 is 0 Å². The monoisotopic (exact) mass is 184 g/mol. The van der Waals surface area contributed by atoms with E-state index in [-0.39, 0.29) is 6.29 Å². The van der Waals surface area contributed by atoms with Gasteiger partial charge in [0.1, 0.15) is 0 Å². The SMILES string of the molecule is CCC1CCC2(C=CC(OC)O2)O1. The first-order chi connectivity index (χ1) is 6.28. The Bertz CT molecular complexity index is 214. The normalized spacial score (nSPS) is 43.5. The summed E-state index contributed by atoms with van der Waals surface area (Å²) in [7, 11) is 1.64. The highest BCUT2D eigenvalue weighted by molar-refractivity contribution is 5.07. The lowest BCUT2D eigenvalue weighted by atomic mass is 10.1. The van der Waals surface area contributed by atoms with Crippen LogP contribution >= 0.6 is 0 Å². The van der Waals surface area contributed by atoms with Crippen molar-refractivity contribution in [2.45, 2.75) is 44.4 Å². The second-order valence-electron chi connectivity index (χ2n) is 3.58. The Balaban J connectivity index is 1.98. The molecule has 2 aliphatic heterocycles. The van der Waals surface area contributed by atoms with E-state index in [0.717, 1.165) is 19.3 Å². The van der Waals surface area contributed by atoms with Crippen LogP contribution in [0.2, 0.25) is 0 Å². The van der Waals surface area contributed by atoms with Gasteiger partial charge in [-0.3, -0.25) is 0 Å². The molecule has 2 aliphatic rings. The van der Waals surface area contributed by atoms with Gasteiger partial charge in [-0.1, -0.05) is 6.92 Å².